The average molecular weight is 243 g/mol. The molecule has 0 radical (unpaired) electrons. The standard InChI is InChI=1S/C12H21NS2/c1-9(2)14-7-11-5-6-12(13-11)8-15-10(3)4/h5-6,9-10,13H,7-8H2,1-4H3. The van der Waals surface area contributed by atoms with Crippen LogP contribution >= 0.6 is 23.5 Å². The molecule has 1 rings (SSSR count). The van der Waals surface area contributed by atoms with E-state index in [1.165, 1.54) is 11.4 Å². The van der Waals surface area contributed by atoms with E-state index in [0.717, 1.165) is 11.5 Å². The highest BCUT2D eigenvalue weighted by Gasteiger charge is 2.02. The summed E-state index contributed by atoms with van der Waals surface area (Å²) in [4.78, 5) is 3.48. The first-order valence-corrected chi connectivity index (χ1v) is 7.57. The smallest absolute Gasteiger partial charge is 0.0338 e. The summed E-state index contributed by atoms with van der Waals surface area (Å²) in [5.41, 5.74) is 2.71. The maximum absolute atomic E-state index is 3.48. The average Bonchev–Trinajstić information content (AvgIpc) is 2.59. The number of nitrogens with one attached hydrogen (secondary N) is 1. The van der Waals surface area contributed by atoms with Crippen LogP contribution in [0, 0.1) is 0 Å². The van der Waals surface area contributed by atoms with Crippen LogP contribution in [-0.4, -0.2) is 15.5 Å². The fourth-order valence-corrected chi connectivity index (χ4v) is 2.53. The maximum atomic E-state index is 3.48. The molecule has 0 aromatic carbocycles. The largest absolute Gasteiger partial charge is 0.361 e. The molecule has 1 aromatic rings. The number of aromatic amines is 1. The lowest BCUT2D eigenvalue weighted by Gasteiger charge is -2.04. The SMILES string of the molecule is CC(C)SCc1ccc(CSC(C)C)[nH]1. The van der Waals surface area contributed by atoms with Crippen LogP contribution in [0.4, 0.5) is 0 Å². The van der Waals surface area contributed by atoms with Crippen LogP contribution in [0.2, 0.25) is 0 Å². The summed E-state index contributed by atoms with van der Waals surface area (Å²) in [6, 6.07) is 4.43. The first-order chi connectivity index (χ1) is 7.08. The molecule has 0 aliphatic heterocycles. The lowest BCUT2D eigenvalue weighted by atomic mass is 10.5. The Morgan fingerprint density at radius 3 is 1.67 bits per heavy atom. The van der Waals surface area contributed by atoms with Gasteiger partial charge in [0, 0.05) is 22.9 Å². The predicted molar refractivity (Wildman–Crippen MR) is 73.7 cm³/mol. The van der Waals surface area contributed by atoms with Gasteiger partial charge in [-0.3, -0.25) is 0 Å². The Kier molecular flexibility index (Phi) is 5.69. The van der Waals surface area contributed by atoms with Gasteiger partial charge in [0.05, 0.1) is 0 Å². The normalized spacial score (nSPS) is 11.6. The van der Waals surface area contributed by atoms with Crippen molar-refractivity contribution in [3.8, 4) is 0 Å². The Hall–Kier alpha value is -0.0200. The van der Waals surface area contributed by atoms with Crippen LogP contribution in [0.1, 0.15) is 39.1 Å². The van der Waals surface area contributed by atoms with Gasteiger partial charge < -0.3 is 4.98 Å². The van der Waals surface area contributed by atoms with Crippen molar-refractivity contribution in [1.29, 1.82) is 0 Å². The van der Waals surface area contributed by atoms with Crippen LogP contribution in [-0.2, 0) is 11.5 Å². The molecule has 0 unspecified atom stereocenters. The number of thioether (sulfide) groups is 2. The van der Waals surface area contributed by atoms with Gasteiger partial charge in [0.2, 0.25) is 0 Å². The van der Waals surface area contributed by atoms with Crippen molar-refractivity contribution in [2.75, 3.05) is 0 Å². The van der Waals surface area contributed by atoms with Gasteiger partial charge in [0.15, 0.2) is 0 Å². The first-order valence-electron chi connectivity index (χ1n) is 5.48. The van der Waals surface area contributed by atoms with Crippen LogP contribution < -0.4 is 0 Å². The fourth-order valence-electron chi connectivity index (χ4n) is 1.17. The van der Waals surface area contributed by atoms with Crippen molar-refractivity contribution in [3.63, 3.8) is 0 Å². The van der Waals surface area contributed by atoms with Crippen LogP contribution in [0.3, 0.4) is 0 Å². The van der Waals surface area contributed by atoms with Gasteiger partial charge in [0.25, 0.3) is 0 Å². The molecule has 1 aromatic heterocycles. The molecule has 86 valence electrons. The molecular formula is C12H21NS2. The number of hydrogen-bond acceptors (Lipinski definition) is 2. The highest BCUT2D eigenvalue weighted by atomic mass is 32.2. The molecule has 1 heterocycles. The molecule has 1 nitrogen and oxygen atoms in total. The molecular weight excluding hydrogens is 222 g/mol. The summed E-state index contributed by atoms with van der Waals surface area (Å²) in [7, 11) is 0. The molecule has 1 N–H and O–H groups in total. The van der Waals surface area contributed by atoms with E-state index in [2.05, 4.69) is 44.8 Å². The van der Waals surface area contributed by atoms with E-state index >= 15 is 0 Å². The minimum atomic E-state index is 0.710. The van der Waals surface area contributed by atoms with E-state index in [9.17, 15) is 0 Å². The molecule has 0 fully saturated rings. The molecule has 0 spiro atoms. The second kappa shape index (κ2) is 6.54. The van der Waals surface area contributed by atoms with E-state index in [1.807, 2.05) is 23.5 Å². The van der Waals surface area contributed by atoms with Crippen molar-refractivity contribution in [3.05, 3.63) is 23.5 Å². The van der Waals surface area contributed by atoms with Crippen molar-refractivity contribution >= 4 is 23.5 Å². The third kappa shape index (κ3) is 5.57. The van der Waals surface area contributed by atoms with Crippen LogP contribution in [0.15, 0.2) is 12.1 Å². The molecule has 0 saturated heterocycles. The third-order valence-electron chi connectivity index (χ3n) is 1.95. The Morgan fingerprint density at radius 2 is 1.33 bits per heavy atom. The van der Waals surface area contributed by atoms with Crippen LogP contribution in [0.25, 0.3) is 0 Å². The molecule has 0 aliphatic rings. The van der Waals surface area contributed by atoms with Gasteiger partial charge in [-0.05, 0) is 22.6 Å². The Balaban J connectivity index is 2.35. The lowest BCUT2D eigenvalue weighted by molar-refractivity contribution is 1.08. The molecule has 15 heavy (non-hydrogen) atoms. The molecule has 0 bridgehead atoms. The number of rotatable bonds is 6. The quantitative estimate of drug-likeness (QED) is 0.801. The van der Waals surface area contributed by atoms with E-state index in [1.54, 1.807) is 0 Å². The molecule has 0 aliphatic carbocycles. The van der Waals surface area contributed by atoms with Crippen LogP contribution in [0.5, 0.6) is 0 Å². The Morgan fingerprint density at radius 1 is 0.933 bits per heavy atom. The van der Waals surface area contributed by atoms with Crippen molar-refractivity contribution in [1.82, 2.24) is 4.98 Å². The maximum Gasteiger partial charge on any atom is 0.0338 e. The highest BCUT2D eigenvalue weighted by molar-refractivity contribution is 7.99. The van der Waals surface area contributed by atoms with E-state index in [4.69, 9.17) is 0 Å². The Bertz CT molecular complexity index is 252. The second-order valence-electron chi connectivity index (χ2n) is 4.23. The summed E-state index contributed by atoms with van der Waals surface area (Å²) in [6.07, 6.45) is 0. The van der Waals surface area contributed by atoms with Gasteiger partial charge in [-0.15, -0.1) is 0 Å². The first kappa shape index (κ1) is 13.0. The lowest BCUT2D eigenvalue weighted by Crippen LogP contribution is -1.91. The zero-order valence-corrected chi connectivity index (χ0v) is 11.7. The Labute approximate surface area is 102 Å². The van der Waals surface area contributed by atoms with Gasteiger partial charge >= 0.3 is 0 Å². The summed E-state index contributed by atoms with van der Waals surface area (Å²) in [5, 5.41) is 1.42. The molecule has 0 saturated carbocycles. The molecule has 0 amide bonds. The van der Waals surface area contributed by atoms with Gasteiger partial charge in [0.1, 0.15) is 0 Å². The third-order valence-corrected chi connectivity index (χ3v) is 4.24. The zero-order chi connectivity index (χ0) is 11.3. The summed E-state index contributed by atoms with van der Waals surface area (Å²) < 4.78 is 0. The number of aromatic nitrogens is 1. The summed E-state index contributed by atoms with van der Waals surface area (Å²) in [6.45, 7) is 8.96. The zero-order valence-electron chi connectivity index (χ0n) is 10.0. The number of H-pyrrole nitrogens is 1. The predicted octanol–water partition coefficient (Wildman–Crippen LogP) is 4.30. The van der Waals surface area contributed by atoms with Gasteiger partial charge in [-0.25, -0.2) is 0 Å². The molecule has 0 atom stereocenters. The minimum absolute atomic E-state index is 0.710. The van der Waals surface area contributed by atoms with Crippen molar-refractivity contribution in [2.24, 2.45) is 0 Å². The van der Waals surface area contributed by atoms with E-state index in [0.29, 0.717) is 10.5 Å². The topological polar surface area (TPSA) is 15.8 Å². The van der Waals surface area contributed by atoms with Crippen molar-refractivity contribution in [2.45, 2.75) is 49.7 Å². The van der Waals surface area contributed by atoms with E-state index in [-0.39, 0.29) is 0 Å². The van der Waals surface area contributed by atoms with E-state index < -0.39 is 0 Å². The number of hydrogen-bond donors (Lipinski definition) is 1. The summed E-state index contributed by atoms with van der Waals surface area (Å²) >= 11 is 3.97. The minimum Gasteiger partial charge on any atom is -0.361 e. The summed E-state index contributed by atoms with van der Waals surface area (Å²) in [5.74, 6) is 2.20. The van der Waals surface area contributed by atoms with Crippen molar-refractivity contribution < 1.29 is 0 Å². The highest BCUT2D eigenvalue weighted by Crippen LogP contribution is 2.20. The van der Waals surface area contributed by atoms with Gasteiger partial charge in [-0.2, -0.15) is 23.5 Å². The monoisotopic (exact) mass is 243 g/mol. The van der Waals surface area contributed by atoms with Gasteiger partial charge in [-0.1, -0.05) is 27.7 Å². The molecule has 3 heteroatoms. The fraction of sp³-hybridized carbons (Fsp3) is 0.667. The second-order valence-corrected chi connectivity index (χ2v) is 7.36.